The largest absolute Gasteiger partial charge is 0.486 e. The summed E-state index contributed by atoms with van der Waals surface area (Å²) >= 11 is 0. The molecule has 2 aromatic carbocycles. The van der Waals surface area contributed by atoms with Crippen molar-refractivity contribution in [3.63, 3.8) is 0 Å². The molecule has 0 unspecified atom stereocenters. The highest BCUT2D eigenvalue weighted by Gasteiger charge is 2.13. The number of benzene rings is 2. The number of imidazole rings is 1. The van der Waals surface area contributed by atoms with Crippen LogP contribution in [0.2, 0.25) is 0 Å². The summed E-state index contributed by atoms with van der Waals surface area (Å²) < 4.78 is 13.0. The molecule has 0 bridgehead atoms. The zero-order chi connectivity index (χ0) is 16.4. The summed E-state index contributed by atoms with van der Waals surface area (Å²) in [5.41, 5.74) is 2.68. The van der Waals surface area contributed by atoms with Crippen LogP contribution >= 0.6 is 0 Å². The first-order chi connectivity index (χ1) is 11.8. The van der Waals surface area contributed by atoms with E-state index < -0.39 is 0 Å². The molecule has 0 saturated carbocycles. The topological polar surface area (TPSA) is 65.4 Å². The molecule has 122 valence electrons. The van der Waals surface area contributed by atoms with Gasteiger partial charge in [0.1, 0.15) is 13.2 Å². The molecule has 1 aliphatic heterocycles. The summed E-state index contributed by atoms with van der Waals surface area (Å²) in [4.78, 5) is 16.5. The number of hydrogen-bond acceptors (Lipinski definition) is 4. The predicted molar refractivity (Wildman–Crippen MR) is 90.4 cm³/mol. The van der Waals surface area contributed by atoms with E-state index >= 15 is 0 Å². The van der Waals surface area contributed by atoms with Crippen LogP contribution in [0.3, 0.4) is 0 Å². The molecule has 1 aliphatic rings. The second-order valence-electron chi connectivity index (χ2n) is 5.58. The number of carbonyl (C=O) groups is 1. The molecule has 1 aromatic heterocycles. The standard InChI is InChI=1S/C18H17N3O3/c22-18(7-8-21-12-19-14-3-1-2-4-15(14)21)20-13-5-6-16-17(11-13)24-10-9-23-16/h1-6,11-12H,7-10H2,(H,20,22). The van der Waals surface area contributed by atoms with Gasteiger partial charge in [-0.2, -0.15) is 0 Å². The molecule has 2 heterocycles. The van der Waals surface area contributed by atoms with Gasteiger partial charge >= 0.3 is 0 Å². The molecule has 0 aliphatic carbocycles. The number of nitrogens with one attached hydrogen (secondary N) is 1. The van der Waals surface area contributed by atoms with Crippen molar-refractivity contribution in [2.75, 3.05) is 18.5 Å². The Morgan fingerprint density at radius 3 is 2.88 bits per heavy atom. The van der Waals surface area contributed by atoms with E-state index in [0.29, 0.717) is 43.4 Å². The fraction of sp³-hybridized carbons (Fsp3) is 0.222. The van der Waals surface area contributed by atoms with E-state index in [4.69, 9.17) is 9.47 Å². The quantitative estimate of drug-likeness (QED) is 0.802. The lowest BCUT2D eigenvalue weighted by atomic mass is 10.2. The Kier molecular flexibility index (Phi) is 3.78. The smallest absolute Gasteiger partial charge is 0.226 e. The van der Waals surface area contributed by atoms with E-state index in [-0.39, 0.29) is 5.91 Å². The Hall–Kier alpha value is -3.02. The lowest BCUT2D eigenvalue weighted by Gasteiger charge is -2.19. The van der Waals surface area contributed by atoms with Gasteiger partial charge < -0.3 is 19.4 Å². The lowest BCUT2D eigenvalue weighted by molar-refractivity contribution is -0.116. The van der Waals surface area contributed by atoms with Gasteiger partial charge in [-0.15, -0.1) is 0 Å². The van der Waals surface area contributed by atoms with Crippen LogP contribution in [-0.4, -0.2) is 28.7 Å². The first-order valence-electron chi connectivity index (χ1n) is 7.89. The van der Waals surface area contributed by atoms with Crippen LogP contribution in [0.15, 0.2) is 48.8 Å². The zero-order valence-electron chi connectivity index (χ0n) is 13.1. The normalized spacial score (nSPS) is 13.0. The molecular formula is C18H17N3O3. The minimum atomic E-state index is -0.0514. The highest BCUT2D eigenvalue weighted by atomic mass is 16.6. The van der Waals surface area contributed by atoms with E-state index in [0.717, 1.165) is 11.0 Å². The van der Waals surface area contributed by atoms with Crippen molar-refractivity contribution in [2.24, 2.45) is 0 Å². The third-order valence-electron chi connectivity index (χ3n) is 3.93. The highest BCUT2D eigenvalue weighted by Crippen LogP contribution is 2.32. The van der Waals surface area contributed by atoms with Crippen molar-refractivity contribution in [3.05, 3.63) is 48.8 Å². The van der Waals surface area contributed by atoms with Crippen molar-refractivity contribution in [3.8, 4) is 11.5 Å². The van der Waals surface area contributed by atoms with Gasteiger partial charge in [0.05, 0.1) is 17.4 Å². The maximum Gasteiger partial charge on any atom is 0.226 e. The number of hydrogen-bond donors (Lipinski definition) is 1. The number of aryl methyl sites for hydroxylation is 1. The fourth-order valence-corrected chi connectivity index (χ4v) is 2.76. The van der Waals surface area contributed by atoms with Crippen molar-refractivity contribution in [1.29, 1.82) is 0 Å². The maximum absolute atomic E-state index is 12.2. The third kappa shape index (κ3) is 2.90. The number of aromatic nitrogens is 2. The van der Waals surface area contributed by atoms with Crippen LogP contribution in [0.25, 0.3) is 11.0 Å². The van der Waals surface area contributed by atoms with Crippen LogP contribution in [-0.2, 0) is 11.3 Å². The number of ether oxygens (including phenoxy) is 2. The highest BCUT2D eigenvalue weighted by molar-refractivity contribution is 5.91. The molecule has 0 spiro atoms. The second-order valence-corrected chi connectivity index (χ2v) is 5.58. The van der Waals surface area contributed by atoms with Gasteiger partial charge in [-0.1, -0.05) is 12.1 Å². The van der Waals surface area contributed by atoms with Crippen LogP contribution in [0.4, 0.5) is 5.69 Å². The molecule has 6 heteroatoms. The van der Waals surface area contributed by atoms with Crippen molar-refractivity contribution in [2.45, 2.75) is 13.0 Å². The average Bonchev–Trinajstić information content (AvgIpc) is 3.03. The van der Waals surface area contributed by atoms with Crippen molar-refractivity contribution >= 4 is 22.6 Å². The van der Waals surface area contributed by atoms with Gasteiger partial charge in [0, 0.05) is 24.7 Å². The summed E-state index contributed by atoms with van der Waals surface area (Å²) in [6, 6.07) is 13.3. The second kappa shape index (κ2) is 6.23. The minimum Gasteiger partial charge on any atom is -0.486 e. The molecule has 1 N–H and O–H groups in total. The van der Waals surface area contributed by atoms with E-state index in [1.165, 1.54) is 0 Å². The Balaban J connectivity index is 1.40. The fourth-order valence-electron chi connectivity index (χ4n) is 2.76. The van der Waals surface area contributed by atoms with Gasteiger partial charge in [-0.25, -0.2) is 4.98 Å². The molecule has 0 saturated heterocycles. The molecule has 1 amide bonds. The number of rotatable bonds is 4. The predicted octanol–water partition coefficient (Wildman–Crippen LogP) is 2.84. The SMILES string of the molecule is O=C(CCn1cnc2ccccc21)Nc1ccc2c(c1)OCCO2. The van der Waals surface area contributed by atoms with Gasteiger partial charge in [-0.3, -0.25) is 4.79 Å². The molecule has 4 rings (SSSR count). The number of para-hydroxylation sites is 2. The van der Waals surface area contributed by atoms with Gasteiger partial charge in [-0.05, 0) is 24.3 Å². The Morgan fingerprint density at radius 1 is 1.12 bits per heavy atom. The number of amides is 1. The van der Waals surface area contributed by atoms with E-state index in [1.807, 2.05) is 41.0 Å². The van der Waals surface area contributed by atoms with Crippen LogP contribution < -0.4 is 14.8 Å². The summed E-state index contributed by atoms with van der Waals surface area (Å²) in [5, 5.41) is 2.89. The Bertz CT molecular complexity index is 888. The Labute approximate surface area is 139 Å². The summed E-state index contributed by atoms with van der Waals surface area (Å²) in [6.07, 6.45) is 2.14. The first kappa shape index (κ1) is 14.6. The van der Waals surface area contributed by atoms with Gasteiger partial charge in [0.2, 0.25) is 5.91 Å². The maximum atomic E-state index is 12.2. The van der Waals surface area contributed by atoms with Gasteiger partial charge in [0.15, 0.2) is 11.5 Å². The molecule has 24 heavy (non-hydrogen) atoms. The lowest BCUT2D eigenvalue weighted by Crippen LogP contribution is -2.17. The molecular weight excluding hydrogens is 306 g/mol. The van der Waals surface area contributed by atoms with Crippen molar-refractivity contribution < 1.29 is 14.3 Å². The molecule has 0 atom stereocenters. The number of anilines is 1. The summed E-state index contributed by atoms with van der Waals surface area (Å²) in [6.45, 7) is 1.66. The van der Waals surface area contributed by atoms with Crippen LogP contribution in [0.5, 0.6) is 11.5 Å². The van der Waals surface area contributed by atoms with Crippen LogP contribution in [0.1, 0.15) is 6.42 Å². The zero-order valence-corrected chi connectivity index (χ0v) is 13.1. The number of carbonyl (C=O) groups excluding carboxylic acids is 1. The number of nitrogens with zero attached hydrogens (tertiary/aromatic N) is 2. The van der Waals surface area contributed by atoms with E-state index in [9.17, 15) is 4.79 Å². The van der Waals surface area contributed by atoms with Crippen LogP contribution in [0, 0.1) is 0 Å². The van der Waals surface area contributed by atoms with E-state index in [1.54, 1.807) is 12.4 Å². The third-order valence-corrected chi connectivity index (χ3v) is 3.93. The summed E-state index contributed by atoms with van der Waals surface area (Å²) in [5.74, 6) is 1.33. The molecule has 3 aromatic rings. The number of fused-ring (bicyclic) bond motifs is 2. The van der Waals surface area contributed by atoms with Crippen molar-refractivity contribution in [1.82, 2.24) is 9.55 Å². The van der Waals surface area contributed by atoms with Gasteiger partial charge in [0.25, 0.3) is 0 Å². The first-order valence-corrected chi connectivity index (χ1v) is 7.89. The molecule has 0 radical (unpaired) electrons. The average molecular weight is 323 g/mol. The Morgan fingerprint density at radius 2 is 1.96 bits per heavy atom. The van der Waals surface area contributed by atoms with E-state index in [2.05, 4.69) is 10.3 Å². The minimum absolute atomic E-state index is 0.0514. The molecule has 0 fully saturated rings. The monoisotopic (exact) mass is 323 g/mol. The summed E-state index contributed by atoms with van der Waals surface area (Å²) in [7, 11) is 0. The molecule has 6 nitrogen and oxygen atoms in total.